The third-order valence-corrected chi connectivity index (χ3v) is 3.86. The van der Waals surface area contributed by atoms with Gasteiger partial charge in [0.15, 0.2) is 0 Å². The summed E-state index contributed by atoms with van der Waals surface area (Å²) in [5.41, 5.74) is 0.909. The van der Waals surface area contributed by atoms with Crippen LogP contribution in [-0.2, 0) is 0 Å². The van der Waals surface area contributed by atoms with Crippen LogP contribution >= 0.6 is 11.6 Å². The molecular weight excluding hydrogens is 234 g/mol. The summed E-state index contributed by atoms with van der Waals surface area (Å²) in [5.74, 6) is 1.69. The van der Waals surface area contributed by atoms with E-state index in [1.54, 1.807) is 0 Å². The first kappa shape index (κ1) is 11.1. The number of fused-ring (bicyclic) bond motifs is 1. The molecule has 1 fully saturated rings. The van der Waals surface area contributed by atoms with Gasteiger partial charge in [-0.2, -0.15) is 0 Å². The molecular formula is C14H16ClNO. The van der Waals surface area contributed by atoms with E-state index in [1.807, 2.05) is 18.2 Å². The van der Waals surface area contributed by atoms with Crippen molar-refractivity contribution in [2.45, 2.75) is 18.8 Å². The zero-order chi connectivity index (χ0) is 11.8. The number of halogens is 1. The minimum Gasteiger partial charge on any atom is -0.461 e. The second-order valence-electron chi connectivity index (χ2n) is 4.91. The van der Waals surface area contributed by atoms with Crippen molar-refractivity contribution < 1.29 is 4.42 Å². The second kappa shape index (κ2) is 4.35. The lowest BCUT2D eigenvalue weighted by atomic mass is 9.94. The van der Waals surface area contributed by atoms with Crippen LogP contribution in [0.1, 0.15) is 24.5 Å². The minimum atomic E-state index is 0.567. The number of nitrogens with zero attached hydrogens (tertiary/aromatic N) is 1. The molecule has 1 saturated heterocycles. The third-order valence-electron chi connectivity index (χ3n) is 3.62. The van der Waals surface area contributed by atoms with E-state index in [9.17, 15) is 0 Å². The number of likely N-dealkylation sites (tertiary alicyclic amines) is 1. The summed E-state index contributed by atoms with van der Waals surface area (Å²) in [4.78, 5) is 2.37. The monoisotopic (exact) mass is 249 g/mol. The Balaban J connectivity index is 1.90. The van der Waals surface area contributed by atoms with Crippen LogP contribution in [0.25, 0.3) is 11.0 Å². The summed E-state index contributed by atoms with van der Waals surface area (Å²) in [7, 11) is 2.18. The van der Waals surface area contributed by atoms with Gasteiger partial charge in [-0.1, -0.05) is 11.6 Å². The molecule has 0 unspecified atom stereocenters. The van der Waals surface area contributed by atoms with Crippen molar-refractivity contribution in [1.82, 2.24) is 4.90 Å². The third kappa shape index (κ3) is 2.20. The largest absolute Gasteiger partial charge is 0.461 e. The Morgan fingerprint density at radius 3 is 2.76 bits per heavy atom. The molecule has 0 atom stereocenters. The first-order valence-corrected chi connectivity index (χ1v) is 6.48. The molecule has 3 heteroatoms. The highest BCUT2D eigenvalue weighted by atomic mass is 35.5. The molecule has 0 N–H and O–H groups in total. The normalized spacial score (nSPS) is 18.9. The molecule has 1 aromatic carbocycles. The second-order valence-corrected chi connectivity index (χ2v) is 5.34. The summed E-state index contributed by atoms with van der Waals surface area (Å²) in [5, 5.41) is 1.89. The fourth-order valence-corrected chi connectivity index (χ4v) is 2.68. The van der Waals surface area contributed by atoms with Crippen molar-refractivity contribution >= 4 is 22.6 Å². The average Bonchev–Trinajstić information content (AvgIpc) is 2.72. The summed E-state index contributed by atoms with van der Waals surface area (Å²) in [6.45, 7) is 2.31. The molecule has 17 heavy (non-hydrogen) atoms. The smallest absolute Gasteiger partial charge is 0.135 e. The first-order chi connectivity index (χ1) is 8.22. The summed E-state index contributed by atoms with van der Waals surface area (Å²) >= 11 is 5.97. The standard InChI is InChI=1S/C14H16ClNO/c1-16-6-4-10(5-7-16)13-8-11-2-3-12(15)9-14(11)17-13/h2-3,8-10H,4-7H2,1H3. The number of piperidine rings is 1. The Hall–Kier alpha value is -0.990. The van der Waals surface area contributed by atoms with E-state index in [1.165, 1.54) is 12.8 Å². The van der Waals surface area contributed by atoms with Gasteiger partial charge in [0, 0.05) is 16.3 Å². The Kier molecular flexibility index (Phi) is 2.85. The van der Waals surface area contributed by atoms with Crippen LogP contribution in [0.4, 0.5) is 0 Å². The zero-order valence-corrected chi connectivity index (χ0v) is 10.7. The molecule has 1 aliphatic rings. The van der Waals surface area contributed by atoms with E-state index in [2.05, 4.69) is 18.0 Å². The van der Waals surface area contributed by atoms with Crippen molar-refractivity contribution in [3.05, 3.63) is 35.0 Å². The first-order valence-electron chi connectivity index (χ1n) is 6.10. The molecule has 1 aliphatic heterocycles. The molecule has 2 heterocycles. The molecule has 0 saturated carbocycles. The Morgan fingerprint density at radius 1 is 1.24 bits per heavy atom. The van der Waals surface area contributed by atoms with Crippen LogP contribution in [0.5, 0.6) is 0 Å². The van der Waals surface area contributed by atoms with Gasteiger partial charge in [-0.05, 0) is 57.2 Å². The van der Waals surface area contributed by atoms with Crippen LogP contribution < -0.4 is 0 Å². The van der Waals surface area contributed by atoms with Gasteiger partial charge >= 0.3 is 0 Å². The molecule has 0 amide bonds. The quantitative estimate of drug-likeness (QED) is 0.762. The molecule has 1 aromatic heterocycles. The number of benzene rings is 1. The highest BCUT2D eigenvalue weighted by Gasteiger charge is 2.21. The number of rotatable bonds is 1. The fraction of sp³-hybridized carbons (Fsp3) is 0.429. The van der Waals surface area contributed by atoms with Gasteiger partial charge in [-0.3, -0.25) is 0 Å². The van der Waals surface area contributed by atoms with Gasteiger partial charge in [0.1, 0.15) is 11.3 Å². The van der Waals surface area contributed by atoms with E-state index in [0.29, 0.717) is 5.92 Å². The minimum absolute atomic E-state index is 0.567. The summed E-state index contributed by atoms with van der Waals surface area (Å²) < 4.78 is 5.92. The predicted molar refractivity (Wildman–Crippen MR) is 70.7 cm³/mol. The highest BCUT2D eigenvalue weighted by molar-refractivity contribution is 6.31. The van der Waals surface area contributed by atoms with Crippen molar-refractivity contribution in [2.24, 2.45) is 0 Å². The van der Waals surface area contributed by atoms with Crippen LogP contribution in [-0.4, -0.2) is 25.0 Å². The van der Waals surface area contributed by atoms with Gasteiger partial charge in [-0.25, -0.2) is 0 Å². The van der Waals surface area contributed by atoms with Gasteiger partial charge in [-0.15, -0.1) is 0 Å². The number of furan rings is 1. The molecule has 0 radical (unpaired) electrons. The van der Waals surface area contributed by atoms with Gasteiger partial charge in [0.05, 0.1) is 0 Å². The molecule has 0 bridgehead atoms. The lowest BCUT2D eigenvalue weighted by Crippen LogP contribution is -2.29. The van der Waals surface area contributed by atoms with E-state index in [-0.39, 0.29) is 0 Å². The summed E-state index contributed by atoms with van der Waals surface area (Å²) in [6, 6.07) is 8.01. The SMILES string of the molecule is CN1CCC(c2cc3ccc(Cl)cc3o2)CC1. The van der Waals surface area contributed by atoms with Crippen molar-refractivity contribution in [3.8, 4) is 0 Å². The van der Waals surface area contributed by atoms with Gasteiger partial charge < -0.3 is 9.32 Å². The van der Waals surface area contributed by atoms with E-state index >= 15 is 0 Å². The lowest BCUT2D eigenvalue weighted by molar-refractivity contribution is 0.242. The van der Waals surface area contributed by atoms with Crippen molar-refractivity contribution in [3.63, 3.8) is 0 Å². The van der Waals surface area contributed by atoms with Crippen LogP contribution in [0, 0.1) is 0 Å². The molecule has 0 spiro atoms. The topological polar surface area (TPSA) is 16.4 Å². The molecule has 90 valence electrons. The highest BCUT2D eigenvalue weighted by Crippen LogP contribution is 2.32. The van der Waals surface area contributed by atoms with Crippen LogP contribution in [0.2, 0.25) is 5.02 Å². The zero-order valence-electron chi connectivity index (χ0n) is 9.95. The van der Waals surface area contributed by atoms with Crippen molar-refractivity contribution in [1.29, 1.82) is 0 Å². The Labute approximate surface area is 106 Å². The van der Waals surface area contributed by atoms with E-state index in [0.717, 1.165) is 34.8 Å². The Morgan fingerprint density at radius 2 is 2.00 bits per heavy atom. The maximum absolute atomic E-state index is 5.97. The van der Waals surface area contributed by atoms with Crippen LogP contribution in [0.3, 0.4) is 0 Å². The Bertz CT molecular complexity index is 526. The molecule has 2 nitrogen and oxygen atoms in total. The van der Waals surface area contributed by atoms with E-state index in [4.69, 9.17) is 16.0 Å². The molecule has 2 aromatic rings. The number of hydrogen-bond acceptors (Lipinski definition) is 2. The van der Waals surface area contributed by atoms with Gasteiger partial charge in [0.2, 0.25) is 0 Å². The van der Waals surface area contributed by atoms with Crippen LogP contribution in [0.15, 0.2) is 28.7 Å². The predicted octanol–water partition coefficient (Wildman–Crippen LogP) is 3.90. The fourth-order valence-electron chi connectivity index (χ4n) is 2.52. The van der Waals surface area contributed by atoms with E-state index < -0.39 is 0 Å². The maximum atomic E-state index is 5.97. The van der Waals surface area contributed by atoms with Gasteiger partial charge in [0.25, 0.3) is 0 Å². The molecule has 3 rings (SSSR count). The number of hydrogen-bond donors (Lipinski definition) is 0. The summed E-state index contributed by atoms with van der Waals surface area (Å²) in [6.07, 6.45) is 2.37. The van der Waals surface area contributed by atoms with Crippen molar-refractivity contribution in [2.75, 3.05) is 20.1 Å². The average molecular weight is 250 g/mol. The maximum Gasteiger partial charge on any atom is 0.135 e. The molecule has 0 aliphatic carbocycles. The lowest BCUT2D eigenvalue weighted by Gasteiger charge is -2.27.